The summed E-state index contributed by atoms with van der Waals surface area (Å²) in [4.78, 5) is 11.5. The van der Waals surface area contributed by atoms with Crippen molar-refractivity contribution < 1.29 is 4.79 Å². The van der Waals surface area contributed by atoms with Gasteiger partial charge in [0.2, 0.25) is 5.91 Å². The van der Waals surface area contributed by atoms with Crippen LogP contribution in [-0.4, -0.2) is 21.7 Å². The summed E-state index contributed by atoms with van der Waals surface area (Å²) in [5, 5.41) is 6.91. The number of anilines is 1. The molecular formula is C13H16N4O. The van der Waals surface area contributed by atoms with Gasteiger partial charge in [-0.1, -0.05) is 12.1 Å². The van der Waals surface area contributed by atoms with Crippen LogP contribution in [0.25, 0.3) is 0 Å². The van der Waals surface area contributed by atoms with E-state index in [-0.39, 0.29) is 5.91 Å². The SMILES string of the molecule is CC(N)C(=O)Nc1cccc(Cn2cccn2)c1. The quantitative estimate of drug-likeness (QED) is 0.849. The van der Waals surface area contributed by atoms with Crippen LogP contribution < -0.4 is 11.1 Å². The number of nitrogens with zero attached hydrogens (tertiary/aromatic N) is 2. The number of hydrogen-bond donors (Lipinski definition) is 2. The molecule has 0 spiro atoms. The van der Waals surface area contributed by atoms with Crippen molar-refractivity contribution >= 4 is 11.6 Å². The van der Waals surface area contributed by atoms with Crippen molar-refractivity contribution in [3.05, 3.63) is 48.3 Å². The summed E-state index contributed by atoms with van der Waals surface area (Å²) >= 11 is 0. The van der Waals surface area contributed by atoms with E-state index in [0.717, 1.165) is 11.3 Å². The Kier molecular flexibility index (Phi) is 3.74. The lowest BCUT2D eigenvalue weighted by atomic mass is 10.2. The molecule has 5 heteroatoms. The summed E-state index contributed by atoms with van der Waals surface area (Å²) < 4.78 is 1.83. The zero-order valence-electron chi connectivity index (χ0n) is 10.2. The van der Waals surface area contributed by atoms with E-state index < -0.39 is 6.04 Å². The molecule has 2 rings (SSSR count). The minimum Gasteiger partial charge on any atom is -0.325 e. The van der Waals surface area contributed by atoms with Gasteiger partial charge in [0.25, 0.3) is 0 Å². The van der Waals surface area contributed by atoms with Crippen LogP contribution in [-0.2, 0) is 11.3 Å². The van der Waals surface area contributed by atoms with Gasteiger partial charge >= 0.3 is 0 Å². The van der Waals surface area contributed by atoms with Gasteiger partial charge in [-0.25, -0.2) is 0 Å². The topological polar surface area (TPSA) is 72.9 Å². The predicted molar refractivity (Wildman–Crippen MR) is 70.1 cm³/mol. The van der Waals surface area contributed by atoms with Crippen LogP contribution in [0.1, 0.15) is 12.5 Å². The van der Waals surface area contributed by atoms with Gasteiger partial charge in [-0.15, -0.1) is 0 Å². The molecule has 0 bridgehead atoms. The fourth-order valence-corrected chi connectivity index (χ4v) is 1.58. The van der Waals surface area contributed by atoms with Crippen molar-refractivity contribution in [1.29, 1.82) is 0 Å². The van der Waals surface area contributed by atoms with Gasteiger partial charge < -0.3 is 11.1 Å². The zero-order chi connectivity index (χ0) is 13.0. The van der Waals surface area contributed by atoms with Gasteiger partial charge in [0.15, 0.2) is 0 Å². The van der Waals surface area contributed by atoms with E-state index >= 15 is 0 Å². The minimum atomic E-state index is -0.514. The molecule has 18 heavy (non-hydrogen) atoms. The Hall–Kier alpha value is -2.14. The summed E-state index contributed by atoms with van der Waals surface area (Å²) in [5.74, 6) is -0.189. The van der Waals surface area contributed by atoms with Crippen molar-refractivity contribution in [2.24, 2.45) is 5.73 Å². The van der Waals surface area contributed by atoms with Crippen LogP contribution in [0.15, 0.2) is 42.7 Å². The molecule has 0 aliphatic carbocycles. The number of amides is 1. The van der Waals surface area contributed by atoms with Crippen molar-refractivity contribution in [2.75, 3.05) is 5.32 Å². The molecule has 0 saturated carbocycles. The van der Waals surface area contributed by atoms with Crippen molar-refractivity contribution in [2.45, 2.75) is 19.5 Å². The summed E-state index contributed by atoms with van der Waals surface area (Å²) in [6, 6.07) is 9.01. The van der Waals surface area contributed by atoms with Crippen LogP contribution >= 0.6 is 0 Å². The molecule has 2 aromatic rings. The van der Waals surface area contributed by atoms with E-state index in [0.29, 0.717) is 6.54 Å². The highest BCUT2D eigenvalue weighted by Crippen LogP contribution is 2.11. The van der Waals surface area contributed by atoms with Crippen molar-refractivity contribution in [3.63, 3.8) is 0 Å². The molecule has 1 heterocycles. The van der Waals surface area contributed by atoms with Crippen LogP contribution in [0.2, 0.25) is 0 Å². The molecule has 0 saturated heterocycles. The molecule has 1 atom stereocenters. The molecule has 1 aromatic carbocycles. The number of nitrogens with two attached hydrogens (primary N) is 1. The Morgan fingerprint density at radius 1 is 1.50 bits per heavy atom. The Morgan fingerprint density at radius 3 is 3.00 bits per heavy atom. The van der Waals surface area contributed by atoms with Gasteiger partial charge in [0, 0.05) is 18.1 Å². The fourth-order valence-electron chi connectivity index (χ4n) is 1.58. The Bertz CT molecular complexity index is 520. The lowest BCUT2D eigenvalue weighted by molar-refractivity contribution is -0.117. The van der Waals surface area contributed by atoms with E-state index in [4.69, 9.17) is 5.73 Å². The molecule has 3 N–H and O–H groups in total. The second kappa shape index (κ2) is 5.46. The second-order valence-electron chi connectivity index (χ2n) is 4.18. The molecule has 94 valence electrons. The average molecular weight is 244 g/mol. The Morgan fingerprint density at radius 2 is 2.33 bits per heavy atom. The highest BCUT2D eigenvalue weighted by Gasteiger charge is 2.07. The van der Waals surface area contributed by atoms with E-state index in [1.165, 1.54) is 0 Å². The monoisotopic (exact) mass is 244 g/mol. The maximum absolute atomic E-state index is 11.5. The lowest BCUT2D eigenvalue weighted by Gasteiger charge is -2.09. The first kappa shape index (κ1) is 12.3. The molecule has 0 fully saturated rings. The normalized spacial score (nSPS) is 12.1. The highest BCUT2D eigenvalue weighted by molar-refractivity contribution is 5.94. The van der Waals surface area contributed by atoms with Crippen molar-refractivity contribution in [1.82, 2.24) is 9.78 Å². The molecule has 1 amide bonds. The van der Waals surface area contributed by atoms with Gasteiger partial charge in [-0.3, -0.25) is 9.48 Å². The number of rotatable bonds is 4. The predicted octanol–water partition coefficient (Wildman–Crippen LogP) is 1.22. The largest absolute Gasteiger partial charge is 0.325 e. The van der Waals surface area contributed by atoms with E-state index in [9.17, 15) is 4.79 Å². The number of carbonyl (C=O) groups is 1. The van der Waals surface area contributed by atoms with Crippen molar-refractivity contribution in [3.8, 4) is 0 Å². The molecule has 5 nitrogen and oxygen atoms in total. The number of aromatic nitrogens is 2. The number of hydrogen-bond acceptors (Lipinski definition) is 3. The molecule has 0 aliphatic rings. The van der Waals surface area contributed by atoms with E-state index in [1.54, 1.807) is 13.1 Å². The van der Waals surface area contributed by atoms with Gasteiger partial charge in [0.1, 0.15) is 0 Å². The summed E-state index contributed by atoms with van der Waals surface area (Å²) in [6.07, 6.45) is 3.63. The fraction of sp³-hybridized carbons (Fsp3) is 0.231. The summed E-state index contributed by atoms with van der Waals surface area (Å²) in [6.45, 7) is 2.33. The number of nitrogens with one attached hydrogen (secondary N) is 1. The van der Waals surface area contributed by atoms with Crippen LogP contribution in [0, 0.1) is 0 Å². The first-order valence-electron chi connectivity index (χ1n) is 5.78. The Balaban J connectivity index is 2.08. The molecule has 0 radical (unpaired) electrons. The van der Waals surface area contributed by atoms with Crippen LogP contribution in [0.3, 0.4) is 0 Å². The Labute approximate surface area is 106 Å². The molecule has 1 aromatic heterocycles. The van der Waals surface area contributed by atoms with Gasteiger partial charge in [-0.2, -0.15) is 5.10 Å². The number of benzene rings is 1. The summed E-state index contributed by atoms with van der Waals surface area (Å²) in [5.41, 5.74) is 7.33. The highest BCUT2D eigenvalue weighted by atomic mass is 16.2. The first-order chi connectivity index (χ1) is 8.65. The molecule has 1 unspecified atom stereocenters. The smallest absolute Gasteiger partial charge is 0.240 e. The lowest BCUT2D eigenvalue weighted by Crippen LogP contribution is -2.32. The third-order valence-corrected chi connectivity index (χ3v) is 2.51. The number of carbonyl (C=O) groups excluding carboxylic acids is 1. The second-order valence-corrected chi connectivity index (χ2v) is 4.18. The standard InChI is InChI=1S/C13H16N4O/c1-10(14)13(18)16-12-5-2-4-11(8-12)9-17-7-3-6-15-17/h2-8,10H,9,14H2,1H3,(H,16,18). The van der Waals surface area contributed by atoms with E-state index in [1.807, 2.05) is 41.2 Å². The van der Waals surface area contributed by atoms with Crippen LogP contribution in [0.4, 0.5) is 5.69 Å². The maximum atomic E-state index is 11.5. The third kappa shape index (κ3) is 3.18. The van der Waals surface area contributed by atoms with Crippen LogP contribution in [0.5, 0.6) is 0 Å². The summed E-state index contributed by atoms with van der Waals surface area (Å²) in [7, 11) is 0. The molecular weight excluding hydrogens is 228 g/mol. The first-order valence-corrected chi connectivity index (χ1v) is 5.78. The van der Waals surface area contributed by atoms with Gasteiger partial charge in [0.05, 0.1) is 12.6 Å². The van der Waals surface area contributed by atoms with E-state index in [2.05, 4.69) is 10.4 Å². The molecule has 0 aliphatic heterocycles. The minimum absolute atomic E-state index is 0.189. The third-order valence-electron chi connectivity index (χ3n) is 2.51. The maximum Gasteiger partial charge on any atom is 0.240 e. The van der Waals surface area contributed by atoms with Gasteiger partial charge in [-0.05, 0) is 30.7 Å². The average Bonchev–Trinajstić information content (AvgIpc) is 2.82. The zero-order valence-corrected chi connectivity index (χ0v) is 10.2.